The minimum absolute atomic E-state index is 0.0119. The van der Waals surface area contributed by atoms with Crippen LogP contribution in [0, 0.1) is 0 Å². The lowest BCUT2D eigenvalue weighted by atomic mass is 9.94. The molecule has 1 aromatic carbocycles. The number of rotatable bonds is 7. The molecule has 158 valence electrons. The highest BCUT2D eigenvalue weighted by Crippen LogP contribution is 2.35. The van der Waals surface area contributed by atoms with Crippen molar-refractivity contribution < 1.29 is 19.1 Å². The van der Waals surface area contributed by atoms with Gasteiger partial charge < -0.3 is 14.3 Å². The number of methoxy groups -OCH3 is 1. The zero-order valence-electron chi connectivity index (χ0n) is 16.6. The van der Waals surface area contributed by atoms with Gasteiger partial charge in [-0.3, -0.25) is 9.59 Å². The van der Waals surface area contributed by atoms with E-state index in [0.29, 0.717) is 22.7 Å². The van der Waals surface area contributed by atoms with Crippen LogP contribution in [-0.4, -0.2) is 32.8 Å². The van der Waals surface area contributed by atoms with E-state index < -0.39 is 23.1 Å². The second-order valence-corrected chi connectivity index (χ2v) is 7.76. The Hall–Kier alpha value is -3.59. The van der Waals surface area contributed by atoms with Crippen molar-refractivity contribution in [3.63, 3.8) is 0 Å². The first-order valence-corrected chi connectivity index (χ1v) is 10.4. The molecular weight excluding hydrogens is 418 g/mol. The Kier molecular flexibility index (Phi) is 6.03. The van der Waals surface area contributed by atoms with E-state index in [1.807, 2.05) is 30.3 Å². The zero-order chi connectivity index (χ0) is 21.8. The largest absolute Gasteiger partial charge is 0.502 e. The molecule has 31 heavy (non-hydrogen) atoms. The van der Waals surface area contributed by atoms with E-state index in [1.54, 1.807) is 29.2 Å². The first-order valence-electron chi connectivity index (χ1n) is 9.45. The third-order valence-corrected chi connectivity index (χ3v) is 5.76. The molecule has 1 N–H and O–H groups in total. The molecule has 4 rings (SSSR count). The molecule has 0 aliphatic rings. The SMILES string of the molecule is COC(=O)C[C@@H](c1oc(CSc2ccccc2)cc(=O)c1O)c1cnn2cccnc12. The van der Waals surface area contributed by atoms with Crippen molar-refractivity contribution in [3.8, 4) is 5.75 Å². The third kappa shape index (κ3) is 4.46. The molecule has 0 saturated carbocycles. The number of carbonyl (C=O) groups is 1. The standard InChI is InChI=1S/C22H19N3O5S/c1-29-19(27)11-16(17-12-24-25-9-5-8-23-22(17)25)21-20(28)18(26)10-14(30-21)13-31-15-6-3-2-4-7-15/h2-10,12,16,28H,11,13H2,1H3/t16-/m1/s1. The maximum atomic E-state index is 12.5. The lowest BCUT2D eigenvalue weighted by Gasteiger charge is -2.16. The van der Waals surface area contributed by atoms with Crippen molar-refractivity contribution in [3.05, 3.63) is 88.4 Å². The summed E-state index contributed by atoms with van der Waals surface area (Å²) in [6, 6.07) is 12.7. The lowest BCUT2D eigenvalue weighted by Crippen LogP contribution is -2.14. The van der Waals surface area contributed by atoms with Gasteiger partial charge in [0.05, 0.1) is 31.4 Å². The molecule has 3 aromatic heterocycles. The third-order valence-electron chi connectivity index (χ3n) is 4.72. The fourth-order valence-electron chi connectivity index (χ4n) is 3.22. The first-order chi connectivity index (χ1) is 15.1. The number of benzene rings is 1. The molecule has 0 saturated heterocycles. The van der Waals surface area contributed by atoms with E-state index in [9.17, 15) is 14.7 Å². The van der Waals surface area contributed by atoms with E-state index in [1.165, 1.54) is 24.9 Å². The summed E-state index contributed by atoms with van der Waals surface area (Å²) >= 11 is 1.49. The zero-order valence-corrected chi connectivity index (χ0v) is 17.4. The van der Waals surface area contributed by atoms with E-state index >= 15 is 0 Å². The summed E-state index contributed by atoms with van der Waals surface area (Å²) in [5.41, 5.74) is 0.448. The predicted molar refractivity (Wildman–Crippen MR) is 114 cm³/mol. The maximum Gasteiger partial charge on any atom is 0.306 e. The van der Waals surface area contributed by atoms with Crippen LogP contribution in [0.25, 0.3) is 5.65 Å². The molecule has 0 amide bonds. The number of hydrogen-bond donors (Lipinski definition) is 1. The van der Waals surface area contributed by atoms with Crippen molar-refractivity contribution in [1.29, 1.82) is 0 Å². The number of hydrogen-bond acceptors (Lipinski definition) is 8. The van der Waals surface area contributed by atoms with Crippen LogP contribution in [0.5, 0.6) is 5.75 Å². The Labute approximate surface area is 181 Å². The predicted octanol–water partition coefficient (Wildman–Crippen LogP) is 3.38. The molecule has 3 heterocycles. The van der Waals surface area contributed by atoms with Gasteiger partial charge in [-0.15, -0.1) is 11.8 Å². The Morgan fingerprint density at radius 2 is 2.10 bits per heavy atom. The van der Waals surface area contributed by atoms with Gasteiger partial charge in [0.25, 0.3) is 0 Å². The van der Waals surface area contributed by atoms with E-state index in [0.717, 1.165) is 4.90 Å². The summed E-state index contributed by atoms with van der Waals surface area (Å²) in [6.45, 7) is 0. The van der Waals surface area contributed by atoms with Crippen LogP contribution in [0.4, 0.5) is 0 Å². The van der Waals surface area contributed by atoms with E-state index in [2.05, 4.69) is 10.1 Å². The molecule has 0 aliphatic carbocycles. The van der Waals surface area contributed by atoms with Crippen molar-refractivity contribution in [2.45, 2.75) is 23.0 Å². The molecule has 9 heteroatoms. The summed E-state index contributed by atoms with van der Waals surface area (Å²) in [5.74, 6) is -1.11. The number of fused-ring (bicyclic) bond motifs is 1. The van der Waals surface area contributed by atoms with Gasteiger partial charge in [-0.05, 0) is 18.2 Å². The summed E-state index contributed by atoms with van der Waals surface area (Å²) in [6.07, 6.45) is 4.70. The number of esters is 1. The fraction of sp³-hybridized carbons (Fsp3) is 0.182. The summed E-state index contributed by atoms with van der Waals surface area (Å²) in [4.78, 5) is 30.0. The monoisotopic (exact) mass is 437 g/mol. The molecular formula is C22H19N3O5S. The molecule has 0 fully saturated rings. The van der Waals surface area contributed by atoms with Gasteiger partial charge in [-0.25, -0.2) is 9.50 Å². The minimum Gasteiger partial charge on any atom is -0.502 e. The number of thioether (sulfide) groups is 1. The van der Waals surface area contributed by atoms with Crippen molar-refractivity contribution >= 4 is 23.4 Å². The van der Waals surface area contributed by atoms with Crippen LogP contribution >= 0.6 is 11.8 Å². The van der Waals surface area contributed by atoms with Crippen LogP contribution in [0.2, 0.25) is 0 Å². The van der Waals surface area contributed by atoms with Gasteiger partial charge in [-0.2, -0.15) is 5.10 Å². The lowest BCUT2D eigenvalue weighted by molar-refractivity contribution is -0.140. The number of carbonyl (C=O) groups excluding carboxylic acids is 1. The average Bonchev–Trinajstić information content (AvgIpc) is 3.23. The van der Waals surface area contributed by atoms with Crippen molar-refractivity contribution in [2.75, 3.05) is 7.11 Å². The Bertz CT molecular complexity index is 1270. The summed E-state index contributed by atoms with van der Waals surface area (Å²) in [5, 5.41) is 14.8. The van der Waals surface area contributed by atoms with E-state index in [4.69, 9.17) is 9.15 Å². The van der Waals surface area contributed by atoms with Gasteiger partial charge in [0, 0.05) is 28.9 Å². The molecule has 1 atom stereocenters. The molecule has 0 unspecified atom stereocenters. The minimum atomic E-state index is -0.797. The van der Waals surface area contributed by atoms with Crippen molar-refractivity contribution in [2.24, 2.45) is 0 Å². The molecule has 0 spiro atoms. The smallest absolute Gasteiger partial charge is 0.306 e. The molecule has 0 radical (unpaired) electrons. The highest BCUT2D eigenvalue weighted by atomic mass is 32.2. The van der Waals surface area contributed by atoms with Crippen LogP contribution < -0.4 is 5.43 Å². The topological polar surface area (TPSA) is 107 Å². The van der Waals surface area contributed by atoms with Gasteiger partial charge in [0.2, 0.25) is 11.2 Å². The van der Waals surface area contributed by atoms with Crippen LogP contribution in [0.15, 0.2) is 75.2 Å². The first kappa shape index (κ1) is 20.7. The Morgan fingerprint density at radius 3 is 2.87 bits per heavy atom. The normalized spacial score (nSPS) is 12.0. The van der Waals surface area contributed by atoms with E-state index in [-0.39, 0.29) is 12.2 Å². The average molecular weight is 437 g/mol. The quantitative estimate of drug-likeness (QED) is 0.346. The molecule has 0 bridgehead atoms. The number of nitrogens with zero attached hydrogens (tertiary/aromatic N) is 3. The van der Waals surface area contributed by atoms with Crippen molar-refractivity contribution in [1.82, 2.24) is 14.6 Å². The highest BCUT2D eigenvalue weighted by molar-refractivity contribution is 7.98. The van der Waals surface area contributed by atoms with Crippen LogP contribution in [-0.2, 0) is 15.3 Å². The van der Waals surface area contributed by atoms with Gasteiger partial charge >= 0.3 is 5.97 Å². The Morgan fingerprint density at radius 1 is 1.29 bits per heavy atom. The molecule has 0 aliphatic heterocycles. The fourth-order valence-corrected chi connectivity index (χ4v) is 4.02. The number of aromatic nitrogens is 3. The summed E-state index contributed by atoms with van der Waals surface area (Å²) < 4.78 is 12.3. The molecule has 8 nitrogen and oxygen atoms in total. The number of aromatic hydroxyl groups is 1. The maximum absolute atomic E-state index is 12.5. The van der Waals surface area contributed by atoms with Gasteiger partial charge in [0.15, 0.2) is 11.4 Å². The van der Waals surface area contributed by atoms with Gasteiger partial charge in [-0.1, -0.05) is 18.2 Å². The Balaban J connectivity index is 1.76. The van der Waals surface area contributed by atoms with Crippen LogP contribution in [0.3, 0.4) is 0 Å². The van der Waals surface area contributed by atoms with Gasteiger partial charge in [0.1, 0.15) is 5.76 Å². The van der Waals surface area contributed by atoms with Crippen LogP contribution in [0.1, 0.15) is 29.4 Å². The highest BCUT2D eigenvalue weighted by Gasteiger charge is 2.29. The second-order valence-electron chi connectivity index (χ2n) is 6.71. The molecule has 4 aromatic rings. The number of ether oxygens (including phenoxy) is 1. The second kappa shape index (κ2) is 9.05. The summed E-state index contributed by atoms with van der Waals surface area (Å²) in [7, 11) is 1.27.